The maximum Gasteiger partial charge on any atom is 0.122 e. The van der Waals surface area contributed by atoms with Crippen LogP contribution >= 0.6 is 0 Å². The van der Waals surface area contributed by atoms with E-state index in [0.29, 0.717) is 6.61 Å². The molecule has 1 aliphatic rings. The van der Waals surface area contributed by atoms with Crippen LogP contribution in [0.2, 0.25) is 0 Å². The van der Waals surface area contributed by atoms with Crippen molar-refractivity contribution in [2.24, 2.45) is 0 Å². The molecule has 112 valence electrons. The minimum absolute atomic E-state index is 0.232. The first-order valence-corrected chi connectivity index (χ1v) is 7.30. The molecule has 3 rings (SSSR count). The van der Waals surface area contributed by atoms with Crippen LogP contribution in [0.25, 0.3) is 0 Å². The zero-order chi connectivity index (χ0) is 14.7. The van der Waals surface area contributed by atoms with Gasteiger partial charge in [0.15, 0.2) is 0 Å². The van der Waals surface area contributed by atoms with Crippen LogP contribution in [-0.4, -0.2) is 30.1 Å². The van der Waals surface area contributed by atoms with E-state index in [2.05, 4.69) is 35.5 Å². The van der Waals surface area contributed by atoms with Crippen molar-refractivity contribution in [1.29, 1.82) is 0 Å². The summed E-state index contributed by atoms with van der Waals surface area (Å²) in [6.07, 6.45) is 4.86. The summed E-state index contributed by atoms with van der Waals surface area (Å²) in [4.78, 5) is 0. The summed E-state index contributed by atoms with van der Waals surface area (Å²) in [6.45, 7) is 4.39. The van der Waals surface area contributed by atoms with Crippen LogP contribution in [-0.2, 0) is 17.7 Å². The number of nitrogens with zero attached hydrogens (tertiary/aromatic N) is 2. The zero-order valence-electron chi connectivity index (χ0n) is 12.5. The van der Waals surface area contributed by atoms with E-state index in [9.17, 15) is 0 Å². The molecule has 0 aliphatic carbocycles. The van der Waals surface area contributed by atoms with Gasteiger partial charge in [0.25, 0.3) is 0 Å². The Bertz CT molecular complexity index is 609. The van der Waals surface area contributed by atoms with Crippen LogP contribution in [0.15, 0.2) is 30.6 Å². The lowest BCUT2D eigenvalue weighted by atomic mass is 10.0. The van der Waals surface area contributed by atoms with E-state index in [1.807, 2.05) is 17.1 Å². The molecule has 0 fully saturated rings. The van der Waals surface area contributed by atoms with Crippen LogP contribution in [0.5, 0.6) is 5.75 Å². The third-order valence-corrected chi connectivity index (χ3v) is 3.75. The number of nitrogens with one attached hydrogen (secondary N) is 1. The summed E-state index contributed by atoms with van der Waals surface area (Å²) < 4.78 is 12.5. The van der Waals surface area contributed by atoms with Crippen molar-refractivity contribution < 1.29 is 9.47 Å². The van der Waals surface area contributed by atoms with Crippen molar-refractivity contribution in [3.63, 3.8) is 0 Å². The molecule has 2 heterocycles. The second kappa shape index (κ2) is 6.18. The second-order valence-corrected chi connectivity index (χ2v) is 5.32. The van der Waals surface area contributed by atoms with Crippen molar-refractivity contribution in [2.75, 3.05) is 25.6 Å². The van der Waals surface area contributed by atoms with Gasteiger partial charge in [-0.2, -0.15) is 5.10 Å². The predicted molar refractivity (Wildman–Crippen MR) is 81.8 cm³/mol. The van der Waals surface area contributed by atoms with Gasteiger partial charge >= 0.3 is 0 Å². The molecule has 0 saturated carbocycles. The van der Waals surface area contributed by atoms with Crippen LogP contribution in [0.3, 0.4) is 0 Å². The zero-order valence-corrected chi connectivity index (χ0v) is 12.5. The third kappa shape index (κ3) is 3.19. The Morgan fingerprint density at radius 2 is 2.38 bits per heavy atom. The molecule has 0 amide bonds. The first-order chi connectivity index (χ1) is 10.3. The number of methoxy groups -OCH3 is 1. The topological polar surface area (TPSA) is 48.3 Å². The molecule has 21 heavy (non-hydrogen) atoms. The fourth-order valence-corrected chi connectivity index (χ4v) is 2.55. The molecule has 5 nitrogen and oxygen atoms in total. The van der Waals surface area contributed by atoms with E-state index in [1.165, 1.54) is 11.1 Å². The first-order valence-electron chi connectivity index (χ1n) is 7.30. The largest absolute Gasteiger partial charge is 0.493 e. The highest BCUT2D eigenvalue weighted by molar-refractivity contribution is 5.45. The molecule has 1 atom stereocenters. The van der Waals surface area contributed by atoms with E-state index in [0.717, 1.165) is 31.0 Å². The Morgan fingerprint density at radius 1 is 1.48 bits per heavy atom. The molecule has 1 unspecified atom stereocenters. The lowest BCUT2D eigenvalue weighted by Crippen LogP contribution is -2.07. The molecule has 1 N–H and O–H groups in total. The quantitative estimate of drug-likeness (QED) is 0.887. The van der Waals surface area contributed by atoms with E-state index in [4.69, 9.17) is 9.47 Å². The number of fused-ring (bicyclic) bond motifs is 1. The highest BCUT2D eigenvalue weighted by atomic mass is 16.5. The van der Waals surface area contributed by atoms with Crippen molar-refractivity contribution >= 4 is 5.69 Å². The summed E-state index contributed by atoms with van der Waals surface area (Å²) >= 11 is 0. The molecular formula is C16H21N3O2. The highest BCUT2D eigenvalue weighted by Gasteiger charge is 2.14. The smallest absolute Gasteiger partial charge is 0.122 e. The molecule has 1 aliphatic heterocycles. The molecule has 0 saturated heterocycles. The number of rotatable bonds is 6. The number of aromatic nitrogens is 2. The van der Waals surface area contributed by atoms with Gasteiger partial charge in [-0.15, -0.1) is 0 Å². The fraction of sp³-hybridized carbons (Fsp3) is 0.438. The summed E-state index contributed by atoms with van der Waals surface area (Å²) in [6, 6.07) is 6.65. The van der Waals surface area contributed by atoms with Crippen LogP contribution in [0, 0.1) is 0 Å². The monoisotopic (exact) mass is 287 g/mol. The Kier molecular flexibility index (Phi) is 4.10. The van der Waals surface area contributed by atoms with Gasteiger partial charge in [0.05, 0.1) is 31.6 Å². The van der Waals surface area contributed by atoms with E-state index < -0.39 is 0 Å². The van der Waals surface area contributed by atoms with E-state index in [1.54, 1.807) is 7.11 Å². The Labute approximate surface area is 124 Å². The van der Waals surface area contributed by atoms with Gasteiger partial charge in [0, 0.05) is 25.8 Å². The summed E-state index contributed by atoms with van der Waals surface area (Å²) in [5.41, 5.74) is 3.59. The van der Waals surface area contributed by atoms with Crippen LogP contribution < -0.4 is 10.1 Å². The minimum atomic E-state index is 0.232. The maximum atomic E-state index is 5.55. The summed E-state index contributed by atoms with van der Waals surface area (Å²) in [5, 5.41) is 7.79. The van der Waals surface area contributed by atoms with Crippen molar-refractivity contribution in [2.45, 2.75) is 25.9 Å². The summed E-state index contributed by atoms with van der Waals surface area (Å²) in [5.74, 6) is 1.03. The Morgan fingerprint density at radius 3 is 3.24 bits per heavy atom. The SMILES string of the molecule is COCCn1cc(NC(C)c2ccc3c(c2)CCO3)cn1. The first kappa shape index (κ1) is 13.9. The summed E-state index contributed by atoms with van der Waals surface area (Å²) in [7, 11) is 1.70. The third-order valence-electron chi connectivity index (χ3n) is 3.75. The molecule has 0 bridgehead atoms. The van der Waals surface area contributed by atoms with E-state index >= 15 is 0 Å². The van der Waals surface area contributed by atoms with Crippen molar-refractivity contribution in [3.05, 3.63) is 41.7 Å². The average molecular weight is 287 g/mol. The molecule has 1 aromatic heterocycles. The molecule has 2 aromatic rings. The fourth-order valence-electron chi connectivity index (χ4n) is 2.55. The maximum absolute atomic E-state index is 5.55. The van der Waals surface area contributed by atoms with Gasteiger partial charge in [-0.25, -0.2) is 0 Å². The number of ether oxygens (including phenoxy) is 2. The predicted octanol–water partition coefficient (Wildman–Crippen LogP) is 2.64. The van der Waals surface area contributed by atoms with Crippen LogP contribution in [0.4, 0.5) is 5.69 Å². The molecular weight excluding hydrogens is 266 g/mol. The van der Waals surface area contributed by atoms with Gasteiger partial charge < -0.3 is 14.8 Å². The number of hydrogen-bond donors (Lipinski definition) is 1. The number of benzene rings is 1. The van der Waals surface area contributed by atoms with Gasteiger partial charge in [0.1, 0.15) is 5.75 Å². The minimum Gasteiger partial charge on any atom is -0.493 e. The molecule has 0 spiro atoms. The van der Waals surface area contributed by atoms with E-state index in [-0.39, 0.29) is 6.04 Å². The molecule has 5 heteroatoms. The second-order valence-electron chi connectivity index (χ2n) is 5.32. The lowest BCUT2D eigenvalue weighted by molar-refractivity contribution is 0.183. The van der Waals surface area contributed by atoms with Crippen molar-refractivity contribution in [3.8, 4) is 5.75 Å². The van der Waals surface area contributed by atoms with Crippen LogP contribution in [0.1, 0.15) is 24.1 Å². The number of hydrogen-bond acceptors (Lipinski definition) is 4. The van der Waals surface area contributed by atoms with Gasteiger partial charge in [-0.1, -0.05) is 6.07 Å². The molecule has 1 aromatic carbocycles. The average Bonchev–Trinajstić information content (AvgIpc) is 3.12. The highest BCUT2D eigenvalue weighted by Crippen LogP contribution is 2.29. The van der Waals surface area contributed by atoms with Gasteiger partial charge in [0.2, 0.25) is 0 Å². The van der Waals surface area contributed by atoms with Gasteiger partial charge in [-0.05, 0) is 30.2 Å². The normalized spacial score (nSPS) is 14.6. The van der Waals surface area contributed by atoms with Crippen molar-refractivity contribution in [1.82, 2.24) is 9.78 Å². The molecule has 0 radical (unpaired) electrons. The Hall–Kier alpha value is -2.01. The van der Waals surface area contributed by atoms with Gasteiger partial charge in [-0.3, -0.25) is 4.68 Å². The lowest BCUT2D eigenvalue weighted by Gasteiger charge is -2.15. The Balaban J connectivity index is 1.65. The standard InChI is InChI=1S/C16H21N3O2/c1-12(13-3-4-16-14(9-13)5-7-21-16)18-15-10-17-19(11-15)6-8-20-2/h3-4,9-12,18H,5-8H2,1-2H3. The number of anilines is 1.